The van der Waals surface area contributed by atoms with Gasteiger partial charge in [0.1, 0.15) is 0 Å². The van der Waals surface area contributed by atoms with E-state index in [2.05, 4.69) is 18.5 Å². The molecule has 1 heterocycles. The monoisotopic (exact) mass is 165 g/mol. The van der Waals surface area contributed by atoms with Gasteiger partial charge in [-0.2, -0.15) is 0 Å². The second-order valence-corrected chi connectivity index (χ2v) is 3.50. The SMILES string of the molecule is C=CCCC1CCCC(C=C)N1. The first-order valence-corrected chi connectivity index (χ1v) is 4.86. The zero-order chi connectivity index (χ0) is 8.81. The van der Waals surface area contributed by atoms with Gasteiger partial charge in [0.2, 0.25) is 0 Å². The van der Waals surface area contributed by atoms with Gasteiger partial charge in [0.05, 0.1) is 0 Å². The van der Waals surface area contributed by atoms with Crippen molar-refractivity contribution in [3.05, 3.63) is 25.3 Å². The average molecular weight is 165 g/mol. The Kier molecular flexibility index (Phi) is 4.09. The zero-order valence-corrected chi connectivity index (χ0v) is 7.76. The van der Waals surface area contributed by atoms with Gasteiger partial charge < -0.3 is 5.32 Å². The molecule has 0 bridgehead atoms. The maximum Gasteiger partial charge on any atom is 0.0249 e. The zero-order valence-electron chi connectivity index (χ0n) is 7.76. The molecule has 1 aliphatic rings. The molecule has 68 valence electrons. The van der Waals surface area contributed by atoms with Crippen molar-refractivity contribution in [2.75, 3.05) is 0 Å². The fraction of sp³-hybridized carbons (Fsp3) is 0.636. The lowest BCUT2D eigenvalue weighted by Gasteiger charge is -2.28. The molecule has 0 aromatic heterocycles. The molecular formula is C11H19N. The second kappa shape index (κ2) is 5.15. The minimum absolute atomic E-state index is 0.550. The van der Waals surface area contributed by atoms with Crippen LogP contribution in [0.5, 0.6) is 0 Å². The van der Waals surface area contributed by atoms with E-state index in [9.17, 15) is 0 Å². The smallest absolute Gasteiger partial charge is 0.0249 e. The maximum absolute atomic E-state index is 3.82. The minimum atomic E-state index is 0.550. The quantitative estimate of drug-likeness (QED) is 0.631. The predicted octanol–water partition coefficient (Wildman–Crippen LogP) is 2.65. The molecule has 0 radical (unpaired) electrons. The van der Waals surface area contributed by atoms with E-state index in [0.717, 1.165) is 6.42 Å². The molecule has 0 spiro atoms. The molecule has 2 unspecified atom stereocenters. The summed E-state index contributed by atoms with van der Waals surface area (Å²) in [5.74, 6) is 0. The van der Waals surface area contributed by atoms with Crippen molar-refractivity contribution >= 4 is 0 Å². The lowest BCUT2D eigenvalue weighted by atomic mass is 9.96. The van der Waals surface area contributed by atoms with Gasteiger partial charge in [0.25, 0.3) is 0 Å². The van der Waals surface area contributed by atoms with Crippen LogP contribution < -0.4 is 5.32 Å². The molecule has 1 fully saturated rings. The van der Waals surface area contributed by atoms with Gasteiger partial charge >= 0.3 is 0 Å². The number of hydrogen-bond donors (Lipinski definition) is 1. The molecule has 0 aliphatic carbocycles. The summed E-state index contributed by atoms with van der Waals surface area (Å²) in [7, 11) is 0. The van der Waals surface area contributed by atoms with E-state index < -0.39 is 0 Å². The largest absolute Gasteiger partial charge is 0.308 e. The number of rotatable bonds is 4. The van der Waals surface area contributed by atoms with Gasteiger partial charge in [-0.05, 0) is 25.7 Å². The van der Waals surface area contributed by atoms with Crippen LogP contribution in [0.3, 0.4) is 0 Å². The minimum Gasteiger partial charge on any atom is -0.308 e. The topological polar surface area (TPSA) is 12.0 Å². The Morgan fingerprint density at radius 1 is 1.33 bits per heavy atom. The van der Waals surface area contributed by atoms with Crippen molar-refractivity contribution < 1.29 is 0 Å². The first-order chi connectivity index (χ1) is 5.86. The van der Waals surface area contributed by atoms with E-state index in [1.54, 1.807) is 0 Å². The Labute approximate surface area is 75.6 Å². The van der Waals surface area contributed by atoms with E-state index in [1.165, 1.54) is 25.7 Å². The maximum atomic E-state index is 3.82. The van der Waals surface area contributed by atoms with E-state index in [1.807, 2.05) is 12.2 Å². The number of allylic oxidation sites excluding steroid dienone is 1. The highest BCUT2D eigenvalue weighted by Gasteiger charge is 2.17. The predicted molar refractivity (Wildman–Crippen MR) is 54.2 cm³/mol. The Balaban J connectivity index is 2.25. The van der Waals surface area contributed by atoms with Crippen molar-refractivity contribution in [1.82, 2.24) is 5.32 Å². The van der Waals surface area contributed by atoms with Crippen molar-refractivity contribution in [2.24, 2.45) is 0 Å². The van der Waals surface area contributed by atoms with Gasteiger partial charge in [-0.15, -0.1) is 13.2 Å². The standard InChI is InChI=1S/C11H19N/c1-3-5-7-11-9-6-8-10(4-2)12-11/h3-4,10-12H,1-2,5-9H2. The molecule has 1 nitrogen and oxygen atoms in total. The lowest BCUT2D eigenvalue weighted by molar-refractivity contribution is 0.342. The first-order valence-electron chi connectivity index (χ1n) is 4.86. The summed E-state index contributed by atoms with van der Waals surface area (Å²) in [6.07, 6.45) is 10.3. The number of hydrogen-bond acceptors (Lipinski definition) is 1. The van der Waals surface area contributed by atoms with E-state index in [-0.39, 0.29) is 0 Å². The summed E-state index contributed by atoms with van der Waals surface area (Å²) in [4.78, 5) is 0. The van der Waals surface area contributed by atoms with Crippen LogP contribution in [0.25, 0.3) is 0 Å². The average Bonchev–Trinajstić information content (AvgIpc) is 2.15. The van der Waals surface area contributed by atoms with Crippen LogP contribution in [-0.2, 0) is 0 Å². The van der Waals surface area contributed by atoms with Crippen LogP contribution in [0.4, 0.5) is 0 Å². The van der Waals surface area contributed by atoms with Gasteiger partial charge in [-0.3, -0.25) is 0 Å². The summed E-state index contributed by atoms with van der Waals surface area (Å²) in [6, 6.07) is 1.24. The highest BCUT2D eigenvalue weighted by molar-refractivity contribution is 4.92. The van der Waals surface area contributed by atoms with Gasteiger partial charge in [-0.1, -0.05) is 18.6 Å². The van der Waals surface area contributed by atoms with Crippen molar-refractivity contribution in [1.29, 1.82) is 0 Å². The van der Waals surface area contributed by atoms with Gasteiger partial charge in [0, 0.05) is 12.1 Å². The van der Waals surface area contributed by atoms with Crippen molar-refractivity contribution in [3.63, 3.8) is 0 Å². The van der Waals surface area contributed by atoms with Crippen LogP contribution in [0, 0.1) is 0 Å². The summed E-state index contributed by atoms with van der Waals surface area (Å²) in [5, 5.41) is 3.57. The van der Waals surface area contributed by atoms with Crippen LogP contribution in [-0.4, -0.2) is 12.1 Å². The summed E-state index contributed by atoms with van der Waals surface area (Å²) >= 11 is 0. The highest BCUT2D eigenvalue weighted by Crippen LogP contribution is 2.16. The fourth-order valence-electron chi connectivity index (χ4n) is 1.79. The third kappa shape index (κ3) is 2.82. The van der Waals surface area contributed by atoms with E-state index in [4.69, 9.17) is 0 Å². The molecule has 0 aromatic rings. The third-order valence-electron chi connectivity index (χ3n) is 2.52. The Bertz CT molecular complexity index is 151. The molecule has 0 saturated carbocycles. The molecule has 1 heteroatoms. The molecule has 2 atom stereocenters. The van der Waals surface area contributed by atoms with Crippen LogP contribution in [0.2, 0.25) is 0 Å². The number of nitrogens with one attached hydrogen (secondary N) is 1. The van der Waals surface area contributed by atoms with Crippen LogP contribution >= 0.6 is 0 Å². The molecule has 1 N–H and O–H groups in total. The lowest BCUT2D eigenvalue weighted by Crippen LogP contribution is -2.40. The molecule has 1 saturated heterocycles. The molecule has 12 heavy (non-hydrogen) atoms. The van der Waals surface area contributed by atoms with Gasteiger partial charge in [-0.25, -0.2) is 0 Å². The fourth-order valence-corrected chi connectivity index (χ4v) is 1.79. The van der Waals surface area contributed by atoms with E-state index in [0.29, 0.717) is 12.1 Å². The Morgan fingerprint density at radius 3 is 2.83 bits per heavy atom. The number of piperidine rings is 1. The summed E-state index contributed by atoms with van der Waals surface area (Å²) < 4.78 is 0. The highest BCUT2D eigenvalue weighted by atomic mass is 15.0. The molecule has 0 aromatic carbocycles. The van der Waals surface area contributed by atoms with Crippen LogP contribution in [0.15, 0.2) is 25.3 Å². The summed E-state index contributed by atoms with van der Waals surface area (Å²) in [5.41, 5.74) is 0. The summed E-state index contributed by atoms with van der Waals surface area (Å²) in [6.45, 7) is 7.55. The Hall–Kier alpha value is -0.560. The molecule has 1 rings (SSSR count). The van der Waals surface area contributed by atoms with E-state index >= 15 is 0 Å². The van der Waals surface area contributed by atoms with Gasteiger partial charge in [0.15, 0.2) is 0 Å². The third-order valence-corrected chi connectivity index (χ3v) is 2.52. The van der Waals surface area contributed by atoms with Crippen LogP contribution in [0.1, 0.15) is 32.1 Å². The van der Waals surface area contributed by atoms with Crippen molar-refractivity contribution in [2.45, 2.75) is 44.2 Å². The normalized spacial score (nSPS) is 29.7. The molecular weight excluding hydrogens is 146 g/mol. The first kappa shape index (κ1) is 9.53. The molecule has 1 aliphatic heterocycles. The van der Waals surface area contributed by atoms with Crippen molar-refractivity contribution in [3.8, 4) is 0 Å². The Morgan fingerprint density at radius 2 is 2.17 bits per heavy atom. The second-order valence-electron chi connectivity index (χ2n) is 3.50. The molecule has 0 amide bonds.